The van der Waals surface area contributed by atoms with Crippen LogP contribution in [-0.4, -0.2) is 13.1 Å². The predicted octanol–water partition coefficient (Wildman–Crippen LogP) is 0.509. The Morgan fingerprint density at radius 3 is 2.50 bits per heavy atom. The first-order valence-electron chi connectivity index (χ1n) is 3.78. The molecule has 0 aliphatic rings. The Kier molecular flexibility index (Phi) is 2.58. The number of ether oxygens (including phenoxy) is 1. The van der Waals surface area contributed by atoms with E-state index >= 15 is 0 Å². The highest BCUT2D eigenvalue weighted by atomic mass is 16.5. The zero-order valence-electron chi connectivity index (χ0n) is 7.57. The molecule has 1 aromatic rings. The average Bonchev–Trinajstić information content (AvgIpc) is 2.19. The van der Waals surface area contributed by atoms with E-state index in [-0.39, 0.29) is 22.5 Å². The van der Waals surface area contributed by atoms with E-state index in [0.29, 0.717) is 0 Å². The van der Waals surface area contributed by atoms with E-state index in [4.69, 9.17) is 16.7 Å². The van der Waals surface area contributed by atoms with Crippen molar-refractivity contribution in [3.8, 4) is 6.07 Å². The summed E-state index contributed by atoms with van der Waals surface area (Å²) in [6.45, 7) is 0. The molecule has 0 saturated carbocycles. The third-order valence-corrected chi connectivity index (χ3v) is 1.77. The maximum atomic E-state index is 11.3. The van der Waals surface area contributed by atoms with E-state index in [0.717, 1.165) is 0 Å². The average molecular weight is 191 g/mol. The van der Waals surface area contributed by atoms with Crippen molar-refractivity contribution >= 4 is 17.3 Å². The van der Waals surface area contributed by atoms with Crippen LogP contribution in [0, 0.1) is 11.3 Å². The molecule has 1 aromatic carbocycles. The summed E-state index contributed by atoms with van der Waals surface area (Å²) in [6.07, 6.45) is 0. The fourth-order valence-corrected chi connectivity index (χ4v) is 1.08. The first-order chi connectivity index (χ1) is 6.61. The number of hydrogen-bond acceptors (Lipinski definition) is 5. The molecule has 0 spiro atoms. The minimum atomic E-state index is -0.661. The van der Waals surface area contributed by atoms with Crippen molar-refractivity contribution in [3.05, 3.63) is 23.3 Å². The van der Waals surface area contributed by atoms with Crippen LogP contribution in [0.25, 0.3) is 0 Å². The van der Waals surface area contributed by atoms with Gasteiger partial charge in [-0.2, -0.15) is 5.26 Å². The second-order valence-corrected chi connectivity index (χ2v) is 2.60. The Hall–Kier alpha value is -2.22. The van der Waals surface area contributed by atoms with Crippen LogP contribution < -0.4 is 11.5 Å². The number of hydrogen-bond donors (Lipinski definition) is 2. The van der Waals surface area contributed by atoms with Crippen molar-refractivity contribution < 1.29 is 9.53 Å². The van der Waals surface area contributed by atoms with Crippen molar-refractivity contribution in [1.29, 1.82) is 5.26 Å². The number of rotatable bonds is 1. The third kappa shape index (κ3) is 1.45. The van der Waals surface area contributed by atoms with Gasteiger partial charge >= 0.3 is 5.97 Å². The number of carbonyl (C=O) groups excluding carboxylic acids is 1. The van der Waals surface area contributed by atoms with Gasteiger partial charge in [-0.25, -0.2) is 4.79 Å². The van der Waals surface area contributed by atoms with Crippen LogP contribution in [0.15, 0.2) is 12.1 Å². The molecule has 0 atom stereocenters. The molecule has 0 heterocycles. The number of benzene rings is 1. The number of nitrogens with two attached hydrogens (primary N) is 2. The van der Waals surface area contributed by atoms with E-state index in [9.17, 15) is 4.79 Å². The standard InChI is InChI=1S/C9H9N3O2/c1-14-9(13)8-5(4-10)6(11)2-3-7(8)12/h2-3H,11-12H2,1H3. The summed E-state index contributed by atoms with van der Waals surface area (Å²) in [5.41, 5.74) is 11.5. The molecule has 4 N–H and O–H groups in total. The molecule has 0 bridgehead atoms. The molecule has 0 aliphatic carbocycles. The zero-order valence-corrected chi connectivity index (χ0v) is 7.57. The topological polar surface area (TPSA) is 102 Å². The quantitative estimate of drug-likeness (QED) is 0.497. The molecule has 14 heavy (non-hydrogen) atoms. The molecule has 0 aromatic heterocycles. The van der Waals surface area contributed by atoms with Gasteiger partial charge in [0.05, 0.1) is 18.4 Å². The van der Waals surface area contributed by atoms with Crippen molar-refractivity contribution in [2.75, 3.05) is 18.6 Å². The SMILES string of the molecule is COC(=O)c1c(N)ccc(N)c1C#N. The van der Waals surface area contributed by atoms with Crippen molar-refractivity contribution in [1.82, 2.24) is 0 Å². The Labute approximate surface area is 80.9 Å². The van der Waals surface area contributed by atoms with Crippen LogP contribution in [0.5, 0.6) is 0 Å². The van der Waals surface area contributed by atoms with E-state index < -0.39 is 5.97 Å². The first kappa shape index (κ1) is 9.86. The molecule has 72 valence electrons. The van der Waals surface area contributed by atoms with Gasteiger partial charge < -0.3 is 16.2 Å². The maximum Gasteiger partial charge on any atom is 0.341 e. The summed E-state index contributed by atoms with van der Waals surface area (Å²) < 4.78 is 4.49. The van der Waals surface area contributed by atoms with Crippen LogP contribution >= 0.6 is 0 Å². The molecule has 0 amide bonds. The molecule has 0 saturated heterocycles. The van der Waals surface area contributed by atoms with Crippen LogP contribution in [-0.2, 0) is 4.74 Å². The van der Waals surface area contributed by atoms with Crippen LogP contribution in [0.3, 0.4) is 0 Å². The summed E-state index contributed by atoms with van der Waals surface area (Å²) in [7, 11) is 1.21. The number of nitriles is 1. The Morgan fingerprint density at radius 1 is 1.43 bits per heavy atom. The molecule has 5 nitrogen and oxygen atoms in total. The lowest BCUT2D eigenvalue weighted by molar-refractivity contribution is 0.0601. The lowest BCUT2D eigenvalue weighted by Crippen LogP contribution is -2.10. The Morgan fingerprint density at radius 2 is 2.00 bits per heavy atom. The molecular formula is C9H9N3O2. The normalized spacial score (nSPS) is 9.14. The number of nitrogens with zero attached hydrogens (tertiary/aromatic N) is 1. The number of methoxy groups -OCH3 is 1. The Balaban J connectivity index is 3.47. The fraction of sp³-hybridized carbons (Fsp3) is 0.111. The van der Waals surface area contributed by atoms with E-state index in [1.165, 1.54) is 19.2 Å². The minimum absolute atomic E-state index is 0.0231. The highest BCUT2D eigenvalue weighted by Crippen LogP contribution is 2.22. The highest BCUT2D eigenvalue weighted by Gasteiger charge is 2.17. The summed E-state index contributed by atoms with van der Waals surface area (Å²) in [6, 6.07) is 4.75. The first-order valence-corrected chi connectivity index (χ1v) is 3.78. The summed E-state index contributed by atoms with van der Waals surface area (Å²) in [5, 5.41) is 8.77. The predicted molar refractivity (Wildman–Crippen MR) is 51.3 cm³/mol. The number of nitrogen functional groups attached to an aromatic ring is 2. The monoisotopic (exact) mass is 191 g/mol. The second kappa shape index (κ2) is 3.66. The van der Waals surface area contributed by atoms with Gasteiger partial charge in [-0.15, -0.1) is 0 Å². The lowest BCUT2D eigenvalue weighted by atomic mass is 10.0. The number of esters is 1. The largest absolute Gasteiger partial charge is 0.465 e. The Bertz CT molecular complexity index is 421. The van der Waals surface area contributed by atoms with Gasteiger partial charge in [0.2, 0.25) is 0 Å². The molecule has 0 unspecified atom stereocenters. The summed E-state index contributed by atoms with van der Waals surface area (Å²) >= 11 is 0. The van der Waals surface area contributed by atoms with Gasteiger partial charge in [0.15, 0.2) is 0 Å². The van der Waals surface area contributed by atoms with Crippen LogP contribution in [0.1, 0.15) is 15.9 Å². The third-order valence-electron chi connectivity index (χ3n) is 1.77. The molecule has 0 fully saturated rings. The van der Waals surface area contributed by atoms with E-state index in [1.807, 2.05) is 6.07 Å². The molecular weight excluding hydrogens is 182 g/mol. The van der Waals surface area contributed by atoms with Gasteiger partial charge in [0, 0.05) is 5.69 Å². The van der Waals surface area contributed by atoms with Crippen LogP contribution in [0.4, 0.5) is 11.4 Å². The van der Waals surface area contributed by atoms with Gasteiger partial charge in [-0.1, -0.05) is 0 Å². The molecule has 0 aliphatic heterocycles. The molecule has 5 heteroatoms. The van der Waals surface area contributed by atoms with E-state index in [2.05, 4.69) is 4.74 Å². The fourth-order valence-electron chi connectivity index (χ4n) is 1.08. The number of carbonyl (C=O) groups is 1. The van der Waals surface area contributed by atoms with Crippen LogP contribution in [0.2, 0.25) is 0 Å². The molecule has 0 radical (unpaired) electrons. The van der Waals surface area contributed by atoms with Gasteiger partial charge in [0.1, 0.15) is 11.6 Å². The maximum absolute atomic E-state index is 11.3. The second-order valence-electron chi connectivity index (χ2n) is 2.60. The highest BCUT2D eigenvalue weighted by molar-refractivity contribution is 5.99. The minimum Gasteiger partial charge on any atom is -0.465 e. The number of anilines is 2. The summed E-state index contributed by atoms with van der Waals surface area (Å²) in [4.78, 5) is 11.3. The van der Waals surface area contributed by atoms with Crippen molar-refractivity contribution in [2.24, 2.45) is 0 Å². The zero-order chi connectivity index (χ0) is 10.7. The van der Waals surface area contributed by atoms with Crippen molar-refractivity contribution in [2.45, 2.75) is 0 Å². The van der Waals surface area contributed by atoms with Gasteiger partial charge in [0.25, 0.3) is 0 Å². The molecule has 1 rings (SSSR count). The lowest BCUT2D eigenvalue weighted by Gasteiger charge is -2.07. The summed E-state index contributed by atoms with van der Waals surface area (Å²) in [5.74, 6) is -0.661. The van der Waals surface area contributed by atoms with E-state index in [1.54, 1.807) is 0 Å². The van der Waals surface area contributed by atoms with Gasteiger partial charge in [-0.05, 0) is 12.1 Å². The van der Waals surface area contributed by atoms with Gasteiger partial charge in [-0.3, -0.25) is 0 Å². The van der Waals surface area contributed by atoms with Crippen molar-refractivity contribution in [3.63, 3.8) is 0 Å². The smallest absolute Gasteiger partial charge is 0.341 e.